The van der Waals surface area contributed by atoms with Crippen LogP contribution in [0.25, 0.3) is 28.0 Å². The number of nitrogens with zero attached hydrogens (tertiary/aromatic N) is 5. The van der Waals surface area contributed by atoms with E-state index in [0.717, 1.165) is 51.4 Å². The van der Waals surface area contributed by atoms with Gasteiger partial charge in [-0.2, -0.15) is 19.7 Å². The Kier molecular flexibility index (Phi) is 7.84. The second kappa shape index (κ2) is 12.0. The van der Waals surface area contributed by atoms with E-state index in [0.29, 0.717) is 22.6 Å². The van der Waals surface area contributed by atoms with Crippen LogP contribution in [0.3, 0.4) is 0 Å². The first-order valence-electron chi connectivity index (χ1n) is 13.9. The molecule has 6 rings (SSSR count). The molecule has 0 aliphatic heterocycles. The molecule has 0 spiro atoms. The molecule has 43 heavy (non-hydrogen) atoms. The lowest BCUT2D eigenvalue weighted by molar-refractivity contribution is 0.315. The number of thiazole rings is 1. The quantitative estimate of drug-likeness (QED) is 0.242. The van der Waals surface area contributed by atoms with E-state index in [2.05, 4.69) is 17.0 Å². The summed E-state index contributed by atoms with van der Waals surface area (Å²) in [5.41, 5.74) is 4.49. The van der Waals surface area contributed by atoms with Crippen LogP contribution < -0.4 is 25.1 Å². The van der Waals surface area contributed by atoms with Gasteiger partial charge in [-0.3, -0.25) is 9.59 Å². The molecule has 0 amide bonds. The summed E-state index contributed by atoms with van der Waals surface area (Å²) in [5.74, 6) is 1.55. The summed E-state index contributed by atoms with van der Waals surface area (Å²) in [4.78, 5) is 30.8. The lowest BCUT2D eigenvalue weighted by Crippen LogP contribution is -2.28. The molecule has 10 heteroatoms. The molecule has 0 atom stereocenters. The highest BCUT2D eigenvalue weighted by molar-refractivity contribution is 7.15. The van der Waals surface area contributed by atoms with Gasteiger partial charge < -0.3 is 9.47 Å². The van der Waals surface area contributed by atoms with E-state index < -0.39 is 5.56 Å². The highest BCUT2D eigenvalue weighted by atomic mass is 32.1. The van der Waals surface area contributed by atoms with Crippen molar-refractivity contribution in [1.82, 2.24) is 24.4 Å². The van der Waals surface area contributed by atoms with E-state index in [1.807, 2.05) is 85.9 Å². The van der Waals surface area contributed by atoms with Gasteiger partial charge in [0, 0.05) is 23.7 Å². The third-order valence-corrected chi connectivity index (χ3v) is 7.90. The molecule has 6 aromatic rings. The zero-order valence-electron chi connectivity index (χ0n) is 24.0. The number of hydrogen-bond donors (Lipinski definition) is 0. The lowest BCUT2D eigenvalue weighted by Gasteiger charge is -2.09. The van der Waals surface area contributed by atoms with Gasteiger partial charge in [-0.05, 0) is 73.0 Å². The van der Waals surface area contributed by atoms with Crippen LogP contribution in [0.5, 0.6) is 11.5 Å². The maximum atomic E-state index is 13.5. The number of aromatic nitrogens is 5. The monoisotopic (exact) mass is 591 g/mol. The molecule has 0 unspecified atom stereocenters. The van der Waals surface area contributed by atoms with Crippen molar-refractivity contribution in [3.05, 3.63) is 127 Å². The Bertz CT molecular complexity index is 2080. The van der Waals surface area contributed by atoms with Gasteiger partial charge in [-0.25, -0.2) is 4.68 Å². The highest BCUT2D eigenvalue weighted by Gasteiger charge is 2.16. The largest absolute Gasteiger partial charge is 0.497 e. The molecule has 0 N–H and O–H groups in total. The fourth-order valence-electron chi connectivity index (χ4n) is 4.73. The van der Waals surface area contributed by atoms with Crippen molar-refractivity contribution in [1.29, 1.82) is 0 Å². The number of rotatable bonds is 9. The van der Waals surface area contributed by atoms with Crippen molar-refractivity contribution in [2.24, 2.45) is 0 Å². The van der Waals surface area contributed by atoms with E-state index in [9.17, 15) is 9.59 Å². The Morgan fingerprint density at radius 2 is 1.77 bits per heavy atom. The number of ether oxygens (including phenoxy) is 2. The predicted octanol–water partition coefficient (Wildman–Crippen LogP) is 4.61. The molecule has 0 aliphatic carbocycles. The summed E-state index contributed by atoms with van der Waals surface area (Å²) in [5, 5.41) is 9.31. The van der Waals surface area contributed by atoms with Gasteiger partial charge in [0.1, 0.15) is 22.9 Å². The third-order valence-electron chi connectivity index (χ3n) is 6.94. The van der Waals surface area contributed by atoms with Crippen LogP contribution in [0, 0.1) is 6.92 Å². The Morgan fingerprint density at radius 3 is 2.49 bits per heavy atom. The minimum Gasteiger partial charge on any atom is -0.497 e. The van der Waals surface area contributed by atoms with E-state index >= 15 is 0 Å². The third kappa shape index (κ3) is 5.82. The molecule has 216 valence electrons. The molecule has 0 radical (unpaired) electrons. The SMILES string of the molecule is CCCOc1ccc(-c2nn(-c3ccccc3)cc2C=c2sc3nc(=O)c(Cc4ccc(OC)cc4)nn3c2=O)cc1C. The molecular weight excluding hydrogens is 562 g/mol. The number of para-hydroxylation sites is 1. The van der Waals surface area contributed by atoms with E-state index in [-0.39, 0.29) is 22.6 Å². The second-order valence-corrected chi connectivity index (χ2v) is 11.0. The van der Waals surface area contributed by atoms with E-state index in [1.165, 1.54) is 4.52 Å². The topological polar surface area (TPSA) is 101 Å². The first-order valence-corrected chi connectivity index (χ1v) is 14.7. The summed E-state index contributed by atoms with van der Waals surface area (Å²) in [6.45, 7) is 4.72. The van der Waals surface area contributed by atoms with Crippen molar-refractivity contribution in [2.45, 2.75) is 26.7 Å². The van der Waals surface area contributed by atoms with Crippen LogP contribution in [0.4, 0.5) is 0 Å². The van der Waals surface area contributed by atoms with Crippen molar-refractivity contribution < 1.29 is 9.47 Å². The molecule has 3 aromatic carbocycles. The normalized spacial score (nSPS) is 11.7. The van der Waals surface area contributed by atoms with Crippen LogP contribution in [-0.2, 0) is 6.42 Å². The number of hydrogen-bond acceptors (Lipinski definition) is 8. The molecule has 0 saturated carbocycles. The van der Waals surface area contributed by atoms with Gasteiger partial charge in [0.05, 0.1) is 23.9 Å². The highest BCUT2D eigenvalue weighted by Crippen LogP contribution is 2.29. The Balaban J connectivity index is 1.44. The molecular formula is C33H29N5O4S. The minimum absolute atomic E-state index is 0.197. The maximum absolute atomic E-state index is 13.5. The first kappa shape index (κ1) is 28.0. The summed E-state index contributed by atoms with van der Waals surface area (Å²) < 4.78 is 14.5. The van der Waals surface area contributed by atoms with Crippen LogP contribution in [0.2, 0.25) is 0 Å². The van der Waals surface area contributed by atoms with Crippen LogP contribution in [-0.4, -0.2) is 38.1 Å². The first-order chi connectivity index (χ1) is 20.9. The van der Waals surface area contributed by atoms with Crippen LogP contribution >= 0.6 is 11.3 Å². The second-order valence-electron chi connectivity index (χ2n) is 10.0. The van der Waals surface area contributed by atoms with Gasteiger partial charge in [0.25, 0.3) is 11.1 Å². The van der Waals surface area contributed by atoms with Gasteiger partial charge >= 0.3 is 0 Å². The lowest BCUT2D eigenvalue weighted by atomic mass is 10.0. The van der Waals surface area contributed by atoms with Crippen molar-refractivity contribution >= 4 is 22.4 Å². The molecule has 0 saturated heterocycles. The molecule has 3 heterocycles. The zero-order valence-corrected chi connectivity index (χ0v) is 24.8. The summed E-state index contributed by atoms with van der Waals surface area (Å²) >= 11 is 1.12. The van der Waals surface area contributed by atoms with Crippen LogP contribution in [0.1, 0.15) is 35.7 Å². The average molecular weight is 592 g/mol. The fourth-order valence-corrected chi connectivity index (χ4v) is 5.63. The number of benzene rings is 3. The Morgan fingerprint density at radius 1 is 0.977 bits per heavy atom. The maximum Gasteiger partial charge on any atom is 0.296 e. The van der Waals surface area contributed by atoms with Gasteiger partial charge in [0.15, 0.2) is 0 Å². The molecule has 0 fully saturated rings. The average Bonchev–Trinajstić information content (AvgIpc) is 3.58. The number of fused-ring (bicyclic) bond motifs is 1. The smallest absolute Gasteiger partial charge is 0.296 e. The Labute approximate surface area is 251 Å². The van der Waals surface area contributed by atoms with Crippen molar-refractivity contribution in [3.8, 4) is 28.4 Å². The summed E-state index contributed by atoms with van der Waals surface area (Å²) in [6.07, 6.45) is 4.85. The zero-order chi connectivity index (χ0) is 29.9. The Hall–Kier alpha value is -5.09. The van der Waals surface area contributed by atoms with Gasteiger partial charge in [-0.15, -0.1) is 0 Å². The molecule has 9 nitrogen and oxygen atoms in total. The minimum atomic E-state index is -0.456. The summed E-state index contributed by atoms with van der Waals surface area (Å²) in [7, 11) is 1.59. The van der Waals surface area contributed by atoms with Crippen molar-refractivity contribution in [2.75, 3.05) is 13.7 Å². The predicted molar refractivity (Wildman–Crippen MR) is 168 cm³/mol. The number of aryl methyl sites for hydroxylation is 1. The number of methoxy groups -OCH3 is 1. The molecule has 0 aliphatic rings. The van der Waals surface area contributed by atoms with Crippen LogP contribution in [0.15, 0.2) is 88.6 Å². The van der Waals surface area contributed by atoms with Gasteiger partial charge in [-0.1, -0.05) is 48.6 Å². The standard InChI is InChI=1S/C33H29N5O4S/c1-4-16-42-28-15-12-23(17-21(28)2)30-24(20-37(36-30)25-8-6-5-7-9-25)19-29-32(40)38-33(43-29)34-31(39)27(35-38)18-22-10-13-26(41-3)14-11-22/h5-15,17,19-20H,4,16,18H2,1-3H3. The summed E-state index contributed by atoms with van der Waals surface area (Å²) in [6, 6.07) is 23.1. The van der Waals surface area contributed by atoms with Crippen molar-refractivity contribution in [3.63, 3.8) is 0 Å². The molecule has 3 aromatic heterocycles. The van der Waals surface area contributed by atoms with E-state index in [1.54, 1.807) is 17.9 Å². The molecule has 0 bridgehead atoms. The van der Waals surface area contributed by atoms with E-state index in [4.69, 9.17) is 14.6 Å². The fraction of sp³-hybridized carbons (Fsp3) is 0.182. The van der Waals surface area contributed by atoms with Gasteiger partial charge in [0.2, 0.25) is 4.96 Å².